The van der Waals surface area contributed by atoms with Crippen molar-refractivity contribution in [3.63, 3.8) is 0 Å². The number of amides is 3. The van der Waals surface area contributed by atoms with E-state index in [1.54, 1.807) is 0 Å². The summed E-state index contributed by atoms with van der Waals surface area (Å²) >= 11 is 0. The van der Waals surface area contributed by atoms with E-state index < -0.39 is 29.9 Å². The molecule has 1 aliphatic rings. The van der Waals surface area contributed by atoms with E-state index >= 15 is 0 Å². The van der Waals surface area contributed by atoms with E-state index in [4.69, 9.17) is 0 Å². The molecule has 0 radical (unpaired) electrons. The number of Topliss-reactive ketones (excluding diaryl/α,β-unsaturated/α-hetero) is 1. The third-order valence-corrected chi connectivity index (χ3v) is 9.57. The quantitative estimate of drug-likeness (QED) is 0.140. The Morgan fingerprint density at radius 2 is 1.02 bits per heavy atom. The van der Waals surface area contributed by atoms with Crippen LogP contribution in [0.2, 0.25) is 0 Å². The summed E-state index contributed by atoms with van der Waals surface area (Å²) in [4.78, 5) is 54.6. The molecule has 5 aromatic rings. The molecule has 0 bridgehead atoms. The van der Waals surface area contributed by atoms with Crippen LogP contribution in [0.5, 0.6) is 0 Å². The van der Waals surface area contributed by atoms with E-state index in [2.05, 4.69) is 21.3 Å². The topological polar surface area (TPSA) is 116 Å². The molecule has 1 aliphatic heterocycles. The Balaban J connectivity index is 1.27. The van der Waals surface area contributed by atoms with Crippen LogP contribution < -0.4 is 21.3 Å². The number of fused-ring (bicyclic) bond motifs is 2. The van der Waals surface area contributed by atoms with Crippen LogP contribution in [-0.2, 0) is 38.4 Å². The Labute approximate surface area is 293 Å². The van der Waals surface area contributed by atoms with Gasteiger partial charge in [0.25, 0.3) is 0 Å². The zero-order valence-electron chi connectivity index (χ0n) is 28.4. The lowest BCUT2D eigenvalue weighted by Gasteiger charge is -2.27. The van der Waals surface area contributed by atoms with E-state index in [0.717, 1.165) is 51.3 Å². The van der Waals surface area contributed by atoms with Gasteiger partial charge in [0.15, 0.2) is 5.78 Å². The van der Waals surface area contributed by atoms with Crippen LogP contribution in [-0.4, -0.2) is 54.7 Å². The molecule has 1 saturated heterocycles. The second kappa shape index (κ2) is 16.4. The van der Waals surface area contributed by atoms with Crippen LogP contribution in [0.15, 0.2) is 115 Å². The molecule has 3 atom stereocenters. The second-order valence-electron chi connectivity index (χ2n) is 13.3. The van der Waals surface area contributed by atoms with Crippen molar-refractivity contribution in [1.82, 2.24) is 21.3 Å². The Morgan fingerprint density at radius 1 is 0.560 bits per heavy atom. The highest BCUT2D eigenvalue weighted by molar-refractivity contribution is 5.95. The number of benzene rings is 5. The minimum atomic E-state index is -1.00. The maximum absolute atomic E-state index is 14.3. The lowest BCUT2D eigenvalue weighted by atomic mass is 9.95. The minimum Gasteiger partial charge on any atom is -0.344 e. The van der Waals surface area contributed by atoms with Crippen LogP contribution in [0.25, 0.3) is 21.5 Å². The van der Waals surface area contributed by atoms with Gasteiger partial charge in [0.1, 0.15) is 12.1 Å². The standard InChI is InChI=1S/C42H44N4O4/c1-28(47)37(25-29-9-3-2-4-10-29)44-41(49)39(27-31-16-18-33-12-6-8-14-36(33)24-31)46-42(50)38(45-40(48)34-19-21-43-22-20-34)26-30-15-17-32-11-5-7-13-35(32)23-30/h2-18,23-24,34,37-39,43H,19-22,25-27H2,1H3,(H,44,49)(H,45,48)(H,46,50). The van der Waals surface area contributed by atoms with E-state index in [-0.39, 0.29) is 30.4 Å². The number of hydrogen-bond acceptors (Lipinski definition) is 5. The van der Waals surface area contributed by atoms with Crippen LogP contribution >= 0.6 is 0 Å². The molecular formula is C42H44N4O4. The first kappa shape index (κ1) is 34.5. The maximum Gasteiger partial charge on any atom is 0.243 e. The maximum atomic E-state index is 14.3. The van der Waals surface area contributed by atoms with Crippen LogP contribution in [0, 0.1) is 5.92 Å². The largest absolute Gasteiger partial charge is 0.344 e. The summed E-state index contributed by atoms with van der Waals surface area (Å²) in [7, 11) is 0. The Morgan fingerprint density at radius 3 is 1.56 bits per heavy atom. The Hall–Kier alpha value is -5.34. The fourth-order valence-electron chi connectivity index (χ4n) is 6.69. The summed E-state index contributed by atoms with van der Waals surface area (Å²) in [5.41, 5.74) is 2.67. The van der Waals surface area contributed by atoms with Crippen molar-refractivity contribution in [2.24, 2.45) is 5.92 Å². The fourth-order valence-corrected chi connectivity index (χ4v) is 6.69. The Kier molecular flexibility index (Phi) is 11.3. The molecule has 4 N–H and O–H groups in total. The van der Waals surface area contributed by atoms with Gasteiger partial charge in [0.05, 0.1) is 6.04 Å². The monoisotopic (exact) mass is 668 g/mol. The number of carbonyl (C=O) groups is 4. The van der Waals surface area contributed by atoms with Gasteiger partial charge in [-0.25, -0.2) is 0 Å². The van der Waals surface area contributed by atoms with Crippen molar-refractivity contribution in [3.05, 3.63) is 132 Å². The highest BCUT2D eigenvalue weighted by Crippen LogP contribution is 2.20. The number of carbonyl (C=O) groups excluding carboxylic acids is 4. The second-order valence-corrected chi connectivity index (χ2v) is 13.3. The normalized spacial score (nSPS) is 15.1. The first-order valence-electron chi connectivity index (χ1n) is 17.4. The third kappa shape index (κ3) is 9.01. The van der Waals surface area contributed by atoms with Crippen molar-refractivity contribution in [2.45, 2.75) is 57.2 Å². The average molecular weight is 669 g/mol. The van der Waals surface area contributed by atoms with Gasteiger partial charge < -0.3 is 21.3 Å². The number of piperidine rings is 1. The number of hydrogen-bond donors (Lipinski definition) is 4. The highest BCUT2D eigenvalue weighted by Gasteiger charge is 2.31. The van der Waals surface area contributed by atoms with Crippen LogP contribution in [0.1, 0.15) is 36.5 Å². The fraction of sp³-hybridized carbons (Fsp3) is 0.286. The van der Waals surface area contributed by atoms with Gasteiger partial charge in [-0.15, -0.1) is 0 Å². The summed E-state index contributed by atoms with van der Waals surface area (Å²) in [6, 6.07) is 34.8. The summed E-state index contributed by atoms with van der Waals surface area (Å²) in [5, 5.41) is 16.5. The van der Waals surface area contributed by atoms with Gasteiger partial charge in [0.2, 0.25) is 17.7 Å². The van der Waals surface area contributed by atoms with Crippen molar-refractivity contribution < 1.29 is 19.2 Å². The van der Waals surface area contributed by atoms with E-state index in [1.807, 2.05) is 115 Å². The molecule has 8 nitrogen and oxygen atoms in total. The molecule has 50 heavy (non-hydrogen) atoms. The van der Waals surface area contributed by atoms with Crippen LogP contribution in [0.4, 0.5) is 0 Å². The van der Waals surface area contributed by atoms with Gasteiger partial charge in [-0.1, -0.05) is 115 Å². The van der Waals surface area contributed by atoms with Gasteiger partial charge in [-0.2, -0.15) is 0 Å². The molecule has 256 valence electrons. The molecule has 0 aliphatic carbocycles. The third-order valence-electron chi connectivity index (χ3n) is 9.57. The predicted molar refractivity (Wildman–Crippen MR) is 198 cm³/mol. The van der Waals surface area contributed by atoms with Gasteiger partial charge in [0, 0.05) is 18.8 Å². The first-order chi connectivity index (χ1) is 24.3. The minimum absolute atomic E-state index is 0.164. The predicted octanol–water partition coefficient (Wildman–Crippen LogP) is 5.06. The van der Waals surface area contributed by atoms with Crippen molar-refractivity contribution in [3.8, 4) is 0 Å². The summed E-state index contributed by atoms with van der Waals surface area (Å²) in [6.45, 7) is 2.95. The number of ketones is 1. The SMILES string of the molecule is CC(=O)C(Cc1ccccc1)NC(=O)C(Cc1ccc2ccccc2c1)NC(=O)C(Cc1ccc2ccccc2c1)NC(=O)C1CCNCC1. The summed E-state index contributed by atoms with van der Waals surface area (Å²) < 4.78 is 0. The van der Waals surface area contributed by atoms with Crippen molar-refractivity contribution in [2.75, 3.05) is 13.1 Å². The van der Waals surface area contributed by atoms with Gasteiger partial charge in [-0.3, -0.25) is 19.2 Å². The first-order valence-corrected chi connectivity index (χ1v) is 17.4. The van der Waals surface area contributed by atoms with E-state index in [1.165, 1.54) is 6.92 Å². The molecule has 0 spiro atoms. The number of nitrogens with one attached hydrogen (secondary N) is 4. The molecular weight excluding hydrogens is 624 g/mol. The zero-order chi connectivity index (χ0) is 34.9. The lowest BCUT2D eigenvalue weighted by Crippen LogP contribution is -2.57. The highest BCUT2D eigenvalue weighted by atomic mass is 16.2. The molecule has 3 amide bonds. The van der Waals surface area contributed by atoms with E-state index in [9.17, 15) is 19.2 Å². The van der Waals surface area contributed by atoms with Crippen LogP contribution in [0.3, 0.4) is 0 Å². The summed E-state index contributed by atoms with van der Waals surface area (Å²) in [6.07, 6.45) is 2.16. The molecule has 1 heterocycles. The average Bonchev–Trinajstić information content (AvgIpc) is 3.14. The van der Waals surface area contributed by atoms with E-state index in [0.29, 0.717) is 19.3 Å². The lowest BCUT2D eigenvalue weighted by molar-refractivity contribution is -0.134. The molecule has 6 rings (SSSR count). The molecule has 0 aromatic heterocycles. The van der Waals surface area contributed by atoms with Gasteiger partial charge in [-0.05, 0) is 77.5 Å². The summed E-state index contributed by atoms with van der Waals surface area (Å²) in [5.74, 6) is -1.46. The molecule has 3 unspecified atom stereocenters. The molecule has 1 fully saturated rings. The molecule has 8 heteroatoms. The van der Waals surface area contributed by atoms with Crippen molar-refractivity contribution in [1.29, 1.82) is 0 Å². The van der Waals surface area contributed by atoms with Gasteiger partial charge >= 0.3 is 0 Å². The van der Waals surface area contributed by atoms with Crippen molar-refractivity contribution >= 4 is 45.0 Å². The molecule has 5 aromatic carbocycles. The Bertz CT molecular complexity index is 1970. The number of rotatable bonds is 13. The zero-order valence-corrected chi connectivity index (χ0v) is 28.4. The smallest absolute Gasteiger partial charge is 0.243 e. The molecule has 0 saturated carbocycles.